The zero-order valence-electron chi connectivity index (χ0n) is 10.5. The lowest BCUT2D eigenvalue weighted by Gasteiger charge is -2.26. The van der Waals surface area contributed by atoms with Crippen molar-refractivity contribution in [3.8, 4) is 0 Å². The lowest BCUT2D eigenvalue weighted by atomic mass is 9.94. The molecule has 1 aliphatic carbocycles. The molecule has 2 rings (SSSR count). The molecule has 1 aromatic rings. The molecule has 1 aromatic carbocycles. The molecule has 0 aromatic heterocycles. The van der Waals surface area contributed by atoms with Crippen molar-refractivity contribution >= 4 is 17.6 Å². The number of carboxylic acids is 1. The summed E-state index contributed by atoms with van der Waals surface area (Å²) in [6.45, 7) is 0. The molecule has 1 saturated carbocycles. The predicted molar refractivity (Wildman–Crippen MR) is 71.8 cm³/mol. The molecule has 0 bridgehead atoms. The normalized spacial score (nSPS) is 18.2. The summed E-state index contributed by atoms with van der Waals surface area (Å²) in [7, 11) is 0. The lowest BCUT2D eigenvalue weighted by Crippen LogP contribution is -2.38. The maximum atomic E-state index is 13.8. The smallest absolute Gasteiger partial charge is 0.325 e. The van der Waals surface area contributed by atoms with Crippen molar-refractivity contribution in [2.45, 2.75) is 44.2 Å². The first-order chi connectivity index (χ1) is 9.08. The number of hydrogen-bond donors (Lipinski definition) is 2. The highest BCUT2D eigenvalue weighted by Crippen LogP contribution is 2.25. The molecule has 0 radical (unpaired) electrons. The van der Waals surface area contributed by atoms with Gasteiger partial charge in [0.15, 0.2) is 0 Å². The van der Waals surface area contributed by atoms with Gasteiger partial charge in [-0.2, -0.15) is 0 Å². The monoisotopic (exact) mass is 285 g/mol. The van der Waals surface area contributed by atoms with E-state index in [1.165, 1.54) is 18.6 Å². The van der Waals surface area contributed by atoms with E-state index in [1.54, 1.807) is 0 Å². The Kier molecular flexibility index (Phi) is 4.77. The fraction of sp³-hybridized carbons (Fsp3) is 0.500. The number of benzene rings is 1. The van der Waals surface area contributed by atoms with E-state index >= 15 is 0 Å². The van der Waals surface area contributed by atoms with E-state index in [0.29, 0.717) is 0 Å². The van der Waals surface area contributed by atoms with Gasteiger partial charge in [-0.05, 0) is 25.0 Å². The first kappa shape index (κ1) is 14.3. The van der Waals surface area contributed by atoms with Gasteiger partial charge in [0, 0.05) is 16.6 Å². The molecule has 0 aliphatic heterocycles. The van der Waals surface area contributed by atoms with E-state index in [9.17, 15) is 14.3 Å². The van der Waals surface area contributed by atoms with Crippen LogP contribution in [-0.4, -0.2) is 17.1 Å². The van der Waals surface area contributed by atoms with Crippen molar-refractivity contribution < 1.29 is 14.3 Å². The van der Waals surface area contributed by atoms with Gasteiger partial charge in [0.05, 0.1) is 0 Å². The van der Waals surface area contributed by atoms with Crippen LogP contribution in [0, 0.1) is 5.82 Å². The summed E-state index contributed by atoms with van der Waals surface area (Å²) in [6.07, 6.45) is 5.25. The number of carbonyl (C=O) groups is 1. The van der Waals surface area contributed by atoms with E-state index in [2.05, 4.69) is 5.32 Å². The Hall–Kier alpha value is -1.13. The molecule has 104 valence electrons. The topological polar surface area (TPSA) is 49.3 Å². The van der Waals surface area contributed by atoms with E-state index < -0.39 is 17.8 Å². The van der Waals surface area contributed by atoms with Gasteiger partial charge in [-0.3, -0.25) is 10.1 Å². The molecular weight excluding hydrogens is 269 g/mol. The van der Waals surface area contributed by atoms with Gasteiger partial charge >= 0.3 is 5.97 Å². The van der Waals surface area contributed by atoms with Gasteiger partial charge < -0.3 is 5.11 Å². The fourth-order valence-corrected chi connectivity index (χ4v) is 2.69. The second-order valence-electron chi connectivity index (χ2n) is 4.94. The molecular formula is C14H17ClFNO2. The van der Waals surface area contributed by atoms with Crippen LogP contribution in [0.15, 0.2) is 18.2 Å². The van der Waals surface area contributed by atoms with Crippen LogP contribution in [0.5, 0.6) is 0 Å². The van der Waals surface area contributed by atoms with Gasteiger partial charge in [-0.25, -0.2) is 4.39 Å². The average molecular weight is 286 g/mol. The van der Waals surface area contributed by atoms with Crippen LogP contribution in [0.1, 0.15) is 43.7 Å². The predicted octanol–water partition coefficient (Wildman–Crippen LogP) is 3.53. The highest BCUT2D eigenvalue weighted by molar-refractivity contribution is 6.30. The number of carboxylic acid groups (broad SMARTS) is 1. The van der Waals surface area contributed by atoms with Gasteiger partial charge in [0.1, 0.15) is 11.9 Å². The van der Waals surface area contributed by atoms with Gasteiger partial charge in [-0.1, -0.05) is 36.9 Å². The average Bonchev–Trinajstić information content (AvgIpc) is 2.38. The summed E-state index contributed by atoms with van der Waals surface area (Å²) in [5.74, 6) is -1.64. The first-order valence-electron chi connectivity index (χ1n) is 6.51. The van der Waals surface area contributed by atoms with Crippen molar-refractivity contribution in [2.75, 3.05) is 0 Å². The van der Waals surface area contributed by atoms with Crippen molar-refractivity contribution in [3.63, 3.8) is 0 Å². The highest BCUT2D eigenvalue weighted by Gasteiger charge is 2.26. The minimum absolute atomic E-state index is 0.141. The Labute approximate surface area is 116 Å². The zero-order valence-corrected chi connectivity index (χ0v) is 11.3. The molecule has 1 atom stereocenters. The van der Waals surface area contributed by atoms with Crippen molar-refractivity contribution in [2.24, 2.45) is 0 Å². The van der Waals surface area contributed by atoms with E-state index in [-0.39, 0.29) is 16.6 Å². The van der Waals surface area contributed by atoms with Crippen LogP contribution in [0.2, 0.25) is 5.02 Å². The minimum Gasteiger partial charge on any atom is -0.480 e. The van der Waals surface area contributed by atoms with Gasteiger partial charge in [0.2, 0.25) is 0 Å². The van der Waals surface area contributed by atoms with Crippen molar-refractivity contribution in [3.05, 3.63) is 34.6 Å². The Bertz CT molecular complexity index is 461. The number of aliphatic carboxylic acids is 1. The molecule has 2 N–H and O–H groups in total. The largest absolute Gasteiger partial charge is 0.480 e. The van der Waals surface area contributed by atoms with Crippen molar-refractivity contribution in [1.82, 2.24) is 5.32 Å². The van der Waals surface area contributed by atoms with E-state index in [0.717, 1.165) is 31.7 Å². The SMILES string of the molecule is O=C(O)C(NC1CCCCC1)c1ccc(Cl)cc1F. The molecule has 19 heavy (non-hydrogen) atoms. The summed E-state index contributed by atoms with van der Waals surface area (Å²) in [4.78, 5) is 11.3. The summed E-state index contributed by atoms with van der Waals surface area (Å²) in [6, 6.07) is 3.23. The summed E-state index contributed by atoms with van der Waals surface area (Å²) in [5.41, 5.74) is 0.141. The quantitative estimate of drug-likeness (QED) is 0.890. The molecule has 1 unspecified atom stereocenters. The lowest BCUT2D eigenvalue weighted by molar-refractivity contribution is -0.140. The van der Waals surface area contributed by atoms with Gasteiger partial charge in [-0.15, -0.1) is 0 Å². The Morgan fingerprint density at radius 1 is 1.37 bits per heavy atom. The molecule has 0 heterocycles. The molecule has 5 heteroatoms. The summed E-state index contributed by atoms with van der Waals surface area (Å²) >= 11 is 5.69. The molecule has 3 nitrogen and oxygen atoms in total. The third-order valence-corrected chi connectivity index (χ3v) is 3.76. The second kappa shape index (κ2) is 6.35. The molecule has 1 fully saturated rings. The maximum Gasteiger partial charge on any atom is 0.325 e. The Balaban J connectivity index is 2.17. The van der Waals surface area contributed by atoms with Crippen LogP contribution in [0.3, 0.4) is 0 Å². The van der Waals surface area contributed by atoms with Gasteiger partial charge in [0.25, 0.3) is 0 Å². The summed E-state index contributed by atoms with van der Waals surface area (Å²) < 4.78 is 13.8. The van der Waals surface area contributed by atoms with Crippen LogP contribution in [0.25, 0.3) is 0 Å². The van der Waals surface area contributed by atoms with E-state index in [4.69, 9.17) is 11.6 Å². The molecule has 1 aliphatic rings. The molecule has 0 amide bonds. The van der Waals surface area contributed by atoms with Crippen LogP contribution < -0.4 is 5.32 Å². The maximum absolute atomic E-state index is 13.8. The second-order valence-corrected chi connectivity index (χ2v) is 5.38. The van der Waals surface area contributed by atoms with E-state index in [1.807, 2.05) is 0 Å². The standard InChI is InChI=1S/C14H17ClFNO2/c15-9-6-7-11(12(16)8-9)13(14(18)19)17-10-4-2-1-3-5-10/h6-8,10,13,17H,1-5H2,(H,18,19). The Morgan fingerprint density at radius 2 is 2.05 bits per heavy atom. The highest BCUT2D eigenvalue weighted by atomic mass is 35.5. The fourth-order valence-electron chi connectivity index (χ4n) is 2.53. The molecule has 0 spiro atoms. The number of halogens is 2. The number of rotatable bonds is 4. The third-order valence-electron chi connectivity index (χ3n) is 3.53. The zero-order chi connectivity index (χ0) is 13.8. The van der Waals surface area contributed by atoms with Crippen LogP contribution >= 0.6 is 11.6 Å². The number of nitrogens with one attached hydrogen (secondary N) is 1. The van der Waals surface area contributed by atoms with Crippen LogP contribution in [-0.2, 0) is 4.79 Å². The third kappa shape index (κ3) is 3.67. The van der Waals surface area contributed by atoms with Crippen LogP contribution in [0.4, 0.5) is 4.39 Å². The summed E-state index contributed by atoms with van der Waals surface area (Å²) in [5, 5.41) is 12.6. The van der Waals surface area contributed by atoms with Crippen molar-refractivity contribution in [1.29, 1.82) is 0 Å². The molecule has 0 saturated heterocycles. The minimum atomic E-state index is -1.06. The first-order valence-corrected chi connectivity index (χ1v) is 6.89. The Morgan fingerprint density at radius 3 is 2.63 bits per heavy atom. The number of hydrogen-bond acceptors (Lipinski definition) is 2.